The predicted octanol–water partition coefficient (Wildman–Crippen LogP) is 1.01. The molecule has 1 heterocycles. The minimum absolute atomic E-state index is 0. The predicted molar refractivity (Wildman–Crippen MR) is 71.7 cm³/mol. The molecule has 1 fully saturated rings. The number of amides is 1. The molecule has 1 amide bonds. The molecule has 0 spiro atoms. The van der Waals surface area contributed by atoms with Crippen LogP contribution in [0.2, 0.25) is 0 Å². The molecule has 1 unspecified atom stereocenters. The number of carbonyl (C=O) groups excluding carboxylic acids is 2. The van der Waals surface area contributed by atoms with Gasteiger partial charge in [0.1, 0.15) is 5.54 Å². The molecule has 5 nitrogen and oxygen atoms in total. The molecule has 106 valence electrons. The van der Waals surface area contributed by atoms with Gasteiger partial charge < -0.3 is 15.4 Å². The first-order valence-electron chi connectivity index (χ1n) is 6.08. The standard InChI is InChI=1S/C12H22N2O3.ClH/c1-12(2,11(16)17-3)14-10(15)7-6-9-5-4-8-13-9;/h9,13H,4-8H2,1-3H3,(H,14,15);1H. The fraction of sp³-hybridized carbons (Fsp3) is 0.833. The van der Waals surface area contributed by atoms with Crippen LogP contribution in [0.4, 0.5) is 0 Å². The van der Waals surface area contributed by atoms with Crippen molar-refractivity contribution in [3.8, 4) is 0 Å². The van der Waals surface area contributed by atoms with Crippen molar-refractivity contribution in [3.63, 3.8) is 0 Å². The maximum atomic E-state index is 11.7. The van der Waals surface area contributed by atoms with Gasteiger partial charge in [-0.3, -0.25) is 4.79 Å². The lowest BCUT2D eigenvalue weighted by Crippen LogP contribution is -2.50. The van der Waals surface area contributed by atoms with Gasteiger partial charge in [-0.15, -0.1) is 12.4 Å². The molecule has 0 aromatic rings. The van der Waals surface area contributed by atoms with E-state index in [0.29, 0.717) is 12.5 Å². The fourth-order valence-corrected chi connectivity index (χ4v) is 2.03. The Morgan fingerprint density at radius 1 is 1.44 bits per heavy atom. The molecule has 0 bridgehead atoms. The van der Waals surface area contributed by atoms with Crippen LogP contribution in [0.5, 0.6) is 0 Å². The lowest BCUT2D eigenvalue weighted by atomic mass is 10.0. The van der Waals surface area contributed by atoms with Crippen molar-refractivity contribution in [2.45, 2.75) is 51.1 Å². The van der Waals surface area contributed by atoms with E-state index >= 15 is 0 Å². The van der Waals surface area contributed by atoms with E-state index in [4.69, 9.17) is 0 Å². The summed E-state index contributed by atoms with van der Waals surface area (Å²) in [6.45, 7) is 4.33. The van der Waals surface area contributed by atoms with E-state index in [9.17, 15) is 9.59 Å². The highest BCUT2D eigenvalue weighted by atomic mass is 35.5. The van der Waals surface area contributed by atoms with Crippen molar-refractivity contribution in [1.82, 2.24) is 10.6 Å². The number of nitrogens with one attached hydrogen (secondary N) is 2. The molecular formula is C12H23ClN2O3. The monoisotopic (exact) mass is 278 g/mol. The number of methoxy groups -OCH3 is 1. The molecule has 1 saturated heterocycles. The van der Waals surface area contributed by atoms with Crippen LogP contribution in [-0.4, -0.2) is 37.1 Å². The summed E-state index contributed by atoms with van der Waals surface area (Å²) in [6.07, 6.45) is 3.58. The molecule has 0 aliphatic carbocycles. The van der Waals surface area contributed by atoms with E-state index in [1.54, 1.807) is 13.8 Å². The van der Waals surface area contributed by atoms with Crippen molar-refractivity contribution >= 4 is 24.3 Å². The van der Waals surface area contributed by atoms with Crippen LogP contribution < -0.4 is 10.6 Å². The van der Waals surface area contributed by atoms with Crippen molar-refractivity contribution in [2.75, 3.05) is 13.7 Å². The normalized spacial score (nSPS) is 18.9. The topological polar surface area (TPSA) is 67.4 Å². The van der Waals surface area contributed by atoms with Crippen LogP contribution in [0.1, 0.15) is 39.5 Å². The van der Waals surface area contributed by atoms with Crippen LogP contribution in [0.15, 0.2) is 0 Å². The number of ether oxygens (including phenoxy) is 1. The molecule has 1 rings (SSSR count). The highest BCUT2D eigenvalue weighted by Crippen LogP contribution is 2.11. The van der Waals surface area contributed by atoms with Gasteiger partial charge in [-0.05, 0) is 39.7 Å². The average Bonchev–Trinajstić information content (AvgIpc) is 2.77. The largest absolute Gasteiger partial charge is 0.467 e. The van der Waals surface area contributed by atoms with Gasteiger partial charge in [0.25, 0.3) is 0 Å². The Morgan fingerprint density at radius 2 is 2.11 bits per heavy atom. The van der Waals surface area contributed by atoms with Crippen LogP contribution in [-0.2, 0) is 14.3 Å². The summed E-state index contributed by atoms with van der Waals surface area (Å²) in [5.41, 5.74) is -0.949. The van der Waals surface area contributed by atoms with Gasteiger partial charge in [0.2, 0.25) is 5.91 Å². The van der Waals surface area contributed by atoms with Crippen molar-refractivity contribution in [3.05, 3.63) is 0 Å². The number of hydrogen-bond donors (Lipinski definition) is 2. The Labute approximate surface area is 114 Å². The quantitative estimate of drug-likeness (QED) is 0.737. The first kappa shape index (κ1) is 17.2. The summed E-state index contributed by atoms with van der Waals surface area (Å²) >= 11 is 0. The zero-order valence-electron chi connectivity index (χ0n) is 11.2. The van der Waals surface area contributed by atoms with E-state index in [1.807, 2.05) is 0 Å². The summed E-state index contributed by atoms with van der Waals surface area (Å²) in [5.74, 6) is -0.529. The summed E-state index contributed by atoms with van der Waals surface area (Å²) in [5, 5.41) is 6.03. The van der Waals surface area contributed by atoms with E-state index in [0.717, 1.165) is 19.4 Å². The second kappa shape index (κ2) is 7.59. The minimum atomic E-state index is -0.949. The van der Waals surface area contributed by atoms with Gasteiger partial charge in [0, 0.05) is 12.5 Å². The van der Waals surface area contributed by atoms with Gasteiger partial charge >= 0.3 is 5.97 Å². The number of rotatable bonds is 5. The van der Waals surface area contributed by atoms with Crippen molar-refractivity contribution in [2.24, 2.45) is 0 Å². The fourth-order valence-electron chi connectivity index (χ4n) is 2.03. The van der Waals surface area contributed by atoms with Gasteiger partial charge in [0.05, 0.1) is 7.11 Å². The summed E-state index contributed by atoms with van der Waals surface area (Å²) < 4.78 is 4.63. The summed E-state index contributed by atoms with van der Waals surface area (Å²) in [4.78, 5) is 23.1. The third kappa shape index (κ3) is 5.23. The SMILES string of the molecule is COC(=O)C(C)(C)NC(=O)CCC1CCCN1.Cl. The molecule has 2 N–H and O–H groups in total. The summed E-state index contributed by atoms with van der Waals surface area (Å²) in [7, 11) is 1.32. The second-order valence-corrected chi connectivity index (χ2v) is 5.00. The second-order valence-electron chi connectivity index (χ2n) is 5.00. The van der Waals surface area contributed by atoms with Gasteiger partial charge in [-0.2, -0.15) is 0 Å². The molecule has 0 saturated carbocycles. The van der Waals surface area contributed by atoms with Gasteiger partial charge in [-0.25, -0.2) is 4.79 Å². The Kier molecular flexibility index (Phi) is 7.25. The molecule has 18 heavy (non-hydrogen) atoms. The molecule has 0 radical (unpaired) electrons. The van der Waals surface area contributed by atoms with Crippen molar-refractivity contribution in [1.29, 1.82) is 0 Å². The van der Waals surface area contributed by atoms with Crippen LogP contribution in [0.25, 0.3) is 0 Å². The molecular weight excluding hydrogens is 256 g/mol. The number of carbonyl (C=O) groups is 2. The van der Waals surface area contributed by atoms with E-state index < -0.39 is 11.5 Å². The molecule has 6 heteroatoms. The zero-order chi connectivity index (χ0) is 12.9. The van der Waals surface area contributed by atoms with E-state index in [-0.39, 0.29) is 18.3 Å². The van der Waals surface area contributed by atoms with E-state index in [1.165, 1.54) is 13.5 Å². The van der Waals surface area contributed by atoms with Crippen molar-refractivity contribution < 1.29 is 14.3 Å². The molecule has 0 aromatic heterocycles. The molecule has 1 aliphatic heterocycles. The van der Waals surface area contributed by atoms with Crippen LogP contribution >= 0.6 is 12.4 Å². The smallest absolute Gasteiger partial charge is 0.330 e. The Morgan fingerprint density at radius 3 is 2.61 bits per heavy atom. The third-order valence-corrected chi connectivity index (χ3v) is 3.03. The molecule has 0 aromatic carbocycles. The first-order valence-corrected chi connectivity index (χ1v) is 6.08. The highest BCUT2D eigenvalue weighted by Gasteiger charge is 2.30. The van der Waals surface area contributed by atoms with Gasteiger partial charge in [-0.1, -0.05) is 0 Å². The van der Waals surface area contributed by atoms with E-state index in [2.05, 4.69) is 15.4 Å². The Balaban J connectivity index is 0.00000289. The Hall–Kier alpha value is -0.810. The molecule has 1 aliphatic rings. The number of esters is 1. The van der Waals surface area contributed by atoms with Crippen LogP contribution in [0, 0.1) is 0 Å². The van der Waals surface area contributed by atoms with Crippen LogP contribution in [0.3, 0.4) is 0 Å². The van der Waals surface area contributed by atoms with Gasteiger partial charge in [0.15, 0.2) is 0 Å². The lowest BCUT2D eigenvalue weighted by molar-refractivity contribution is -0.149. The summed E-state index contributed by atoms with van der Waals surface area (Å²) in [6, 6.07) is 0.446. The minimum Gasteiger partial charge on any atom is -0.467 e. The zero-order valence-corrected chi connectivity index (χ0v) is 12.1. The number of hydrogen-bond acceptors (Lipinski definition) is 4. The number of halogens is 1. The maximum absolute atomic E-state index is 11.7. The lowest BCUT2D eigenvalue weighted by Gasteiger charge is -2.23. The Bertz CT molecular complexity index is 289. The highest BCUT2D eigenvalue weighted by molar-refractivity contribution is 5.87. The molecule has 1 atom stereocenters. The third-order valence-electron chi connectivity index (χ3n) is 3.03. The average molecular weight is 279 g/mol. The first-order chi connectivity index (χ1) is 7.95. The maximum Gasteiger partial charge on any atom is 0.330 e.